The third-order valence-electron chi connectivity index (χ3n) is 5.01. The minimum atomic E-state index is -4.94. The molecule has 0 aliphatic rings. The van der Waals surface area contributed by atoms with Gasteiger partial charge >= 0.3 is 11.9 Å². The Morgan fingerprint density at radius 3 is 2.44 bits per heavy atom. The first-order valence-electron chi connectivity index (χ1n) is 10.7. The average molecular weight is 525 g/mol. The molecule has 0 radical (unpaired) electrons. The Hall–Kier alpha value is -3.48. The molecule has 0 aliphatic carbocycles. The number of benzene rings is 1. The maximum Gasteiger partial charge on any atom is 0.416 e. The Bertz CT molecular complexity index is 1340. The van der Waals surface area contributed by atoms with Crippen LogP contribution in [0.25, 0.3) is 17.1 Å². The van der Waals surface area contributed by atoms with Gasteiger partial charge in [0.2, 0.25) is 0 Å². The van der Waals surface area contributed by atoms with E-state index in [2.05, 4.69) is 21.8 Å². The molecular weight excluding hydrogens is 501 g/mol. The van der Waals surface area contributed by atoms with E-state index >= 15 is 0 Å². The van der Waals surface area contributed by atoms with Crippen LogP contribution in [0.4, 0.5) is 13.2 Å². The van der Waals surface area contributed by atoms with Crippen molar-refractivity contribution in [1.29, 1.82) is 0 Å². The summed E-state index contributed by atoms with van der Waals surface area (Å²) in [5, 5.41) is 28.7. The van der Waals surface area contributed by atoms with Gasteiger partial charge in [-0.15, -0.1) is 10.2 Å². The fourth-order valence-corrected chi connectivity index (χ4v) is 3.37. The van der Waals surface area contributed by atoms with E-state index in [9.17, 15) is 28.2 Å². The van der Waals surface area contributed by atoms with Crippen molar-refractivity contribution in [3.05, 3.63) is 82.3 Å². The Kier molecular flexibility index (Phi) is 8.33. The Morgan fingerprint density at radius 1 is 1.22 bits per heavy atom. The summed E-state index contributed by atoms with van der Waals surface area (Å²) in [5.41, 5.74) is -0.0987. The van der Waals surface area contributed by atoms with Crippen LogP contribution in [0.2, 0.25) is 5.02 Å². The quantitative estimate of drug-likeness (QED) is 0.414. The van der Waals surface area contributed by atoms with Gasteiger partial charge in [0, 0.05) is 10.6 Å². The summed E-state index contributed by atoms with van der Waals surface area (Å²) >= 11 is 5.90. The Morgan fingerprint density at radius 2 is 1.89 bits per heavy atom. The van der Waals surface area contributed by atoms with E-state index in [0.717, 1.165) is 9.25 Å². The third kappa shape index (κ3) is 6.01. The number of alkyl halides is 3. The van der Waals surface area contributed by atoms with Gasteiger partial charge in [0.15, 0.2) is 23.6 Å². The highest BCUT2D eigenvalue weighted by Crippen LogP contribution is 2.24. The molecular formula is C23H24ClF3N6O3. The van der Waals surface area contributed by atoms with Crippen LogP contribution in [0.5, 0.6) is 0 Å². The van der Waals surface area contributed by atoms with E-state index in [0.29, 0.717) is 16.3 Å². The van der Waals surface area contributed by atoms with Gasteiger partial charge in [-0.2, -0.15) is 13.2 Å². The van der Waals surface area contributed by atoms with Crippen molar-refractivity contribution in [3.8, 4) is 11.4 Å². The monoisotopic (exact) mass is 524 g/mol. The molecule has 2 aromatic heterocycles. The zero-order chi connectivity index (χ0) is 26.6. The van der Waals surface area contributed by atoms with Crippen LogP contribution in [-0.2, 0) is 13.1 Å². The number of aromatic nitrogens is 6. The number of aliphatic hydroxyl groups is 2. The summed E-state index contributed by atoms with van der Waals surface area (Å²) in [6.45, 7) is 5.66. The van der Waals surface area contributed by atoms with E-state index in [-0.39, 0.29) is 24.0 Å². The van der Waals surface area contributed by atoms with Gasteiger partial charge in [0.05, 0.1) is 12.2 Å². The van der Waals surface area contributed by atoms with Gasteiger partial charge in [0.1, 0.15) is 12.6 Å². The average Bonchev–Trinajstić information content (AvgIpc) is 3.37. The molecule has 3 aromatic rings. The minimum Gasteiger partial charge on any atom is -0.385 e. The van der Waals surface area contributed by atoms with Crippen molar-refractivity contribution in [3.63, 3.8) is 0 Å². The minimum absolute atomic E-state index is 0.0740. The molecule has 2 heterocycles. The number of allylic oxidation sites excluding steroid dienone is 5. The van der Waals surface area contributed by atoms with Crippen molar-refractivity contribution in [1.82, 2.24) is 29.1 Å². The standard InChI is InChI=1S/C23H24ClF3N6O3/c1-4-6-7-17(5-2)33-20(14(3)34)28-19(29-33)13-32-22(36)31(12-18(35)23(25,26)27)21(30-32)15-8-10-16(24)11-9-15/h4-11,14,18,34-35H,2,12-13H2,1,3H3/b6-4-,17-7+. The zero-order valence-corrected chi connectivity index (χ0v) is 20.1. The predicted molar refractivity (Wildman–Crippen MR) is 128 cm³/mol. The SMILES string of the molecule is C=C/C(=C\C=C/C)n1nc(Cn2nc(-c3ccc(Cl)cc3)n(CC(O)C(F)(F)F)c2=O)nc1C(C)O. The van der Waals surface area contributed by atoms with E-state index in [4.69, 9.17) is 11.6 Å². The summed E-state index contributed by atoms with van der Waals surface area (Å²) in [6, 6.07) is 5.98. The van der Waals surface area contributed by atoms with Gasteiger partial charge in [-0.25, -0.2) is 19.1 Å². The highest BCUT2D eigenvalue weighted by atomic mass is 35.5. The summed E-state index contributed by atoms with van der Waals surface area (Å²) in [6.07, 6.45) is -2.04. The Labute approximate surface area is 209 Å². The number of rotatable bonds is 9. The molecule has 2 atom stereocenters. The summed E-state index contributed by atoms with van der Waals surface area (Å²) in [7, 11) is 0. The molecule has 1 aromatic carbocycles. The lowest BCUT2D eigenvalue weighted by Gasteiger charge is -2.15. The molecule has 0 bridgehead atoms. The Balaban J connectivity index is 2.09. The second-order valence-electron chi connectivity index (χ2n) is 7.73. The fourth-order valence-electron chi connectivity index (χ4n) is 3.25. The van der Waals surface area contributed by atoms with Crippen LogP contribution in [-0.4, -0.2) is 51.6 Å². The number of nitrogens with zero attached hydrogens (tertiary/aromatic N) is 6. The van der Waals surface area contributed by atoms with Crippen LogP contribution in [0.1, 0.15) is 31.6 Å². The highest BCUT2D eigenvalue weighted by Gasteiger charge is 2.39. The van der Waals surface area contributed by atoms with Crippen molar-refractivity contribution in [2.45, 2.75) is 45.3 Å². The molecule has 0 spiro atoms. The second kappa shape index (κ2) is 11.1. The topological polar surface area (TPSA) is 111 Å². The van der Waals surface area contributed by atoms with Crippen molar-refractivity contribution in [2.75, 3.05) is 0 Å². The molecule has 0 saturated heterocycles. The summed E-state index contributed by atoms with van der Waals surface area (Å²) < 4.78 is 42.1. The van der Waals surface area contributed by atoms with Gasteiger partial charge in [-0.05, 0) is 50.3 Å². The van der Waals surface area contributed by atoms with Crippen molar-refractivity contribution >= 4 is 17.3 Å². The van der Waals surface area contributed by atoms with Crippen LogP contribution in [0.3, 0.4) is 0 Å². The first-order valence-corrected chi connectivity index (χ1v) is 11.1. The van der Waals surface area contributed by atoms with Crippen LogP contribution < -0.4 is 5.69 Å². The number of hydrogen-bond donors (Lipinski definition) is 2. The second-order valence-corrected chi connectivity index (χ2v) is 8.17. The molecule has 0 aliphatic heterocycles. The van der Waals surface area contributed by atoms with E-state index in [1.807, 2.05) is 6.92 Å². The molecule has 2 unspecified atom stereocenters. The molecule has 0 amide bonds. The van der Waals surface area contributed by atoms with Crippen molar-refractivity contribution < 1.29 is 23.4 Å². The lowest BCUT2D eigenvalue weighted by molar-refractivity contribution is -0.207. The lowest BCUT2D eigenvalue weighted by atomic mass is 10.2. The lowest BCUT2D eigenvalue weighted by Crippen LogP contribution is -2.37. The molecule has 9 nitrogen and oxygen atoms in total. The largest absolute Gasteiger partial charge is 0.416 e. The smallest absolute Gasteiger partial charge is 0.385 e. The molecule has 192 valence electrons. The summed E-state index contributed by atoms with van der Waals surface area (Å²) in [5.74, 6) is 0.137. The van der Waals surface area contributed by atoms with Crippen LogP contribution in [0.15, 0.2) is 59.9 Å². The maximum atomic E-state index is 13.1. The highest BCUT2D eigenvalue weighted by molar-refractivity contribution is 6.30. The normalized spacial score (nSPS) is 14.4. The number of aliphatic hydroxyl groups excluding tert-OH is 2. The third-order valence-corrected chi connectivity index (χ3v) is 5.26. The predicted octanol–water partition coefficient (Wildman–Crippen LogP) is 3.58. The van der Waals surface area contributed by atoms with Gasteiger partial charge in [0.25, 0.3) is 0 Å². The molecule has 2 N–H and O–H groups in total. The zero-order valence-electron chi connectivity index (χ0n) is 19.4. The van der Waals surface area contributed by atoms with Gasteiger partial charge in [-0.3, -0.25) is 4.57 Å². The van der Waals surface area contributed by atoms with Crippen LogP contribution in [0, 0.1) is 0 Å². The van der Waals surface area contributed by atoms with Crippen LogP contribution >= 0.6 is 11.6 Å². The molecule has 0 saturated carbocycles. The fraction of sp³-hybridized carbons (Fsp3) is 0.304. The molecule has 0 fully saturated rings. The van der Waals surface area contributed by atoms with Crippen molar-refractivity contribution in [2.24, 2.45) is 0 Å². The van der Waals surface area contributed by atoms with Gasteiger partial charge in [-0.1, -0.05) is 30.3 Å². The first-order chi connectivity index (χ1) is 17.0. The number of hydrogen-bond acceptors (Lipinski definition) is 6. The number of halogens is 4. The first kappa shape index (κ1) is 27.1. The summed E-state index contributed by atoms with van der Waals surface area (Å²) in [4.78, 5) is 17.3. The molecule has 36 heavy (non-hydrogen) atoms. The van der Waals surface area contributed by atoms with E-state index < -0.39 is 30.6 Å². The van der Waals surface area contributed by atoms with E-state index in [1.165, 1.54) is 41.9 Å². The molecule has 13 heteroatoms. The van der Waals surface area contributed by atoms with E-state index in [1.54, 1.807) is 18.2 Å². The molecule has 3 rings (SSSR count). The van der Waals surface area contributed by atoms with Gasteiger partial charge < -0.3 is 10.2 Å². The maximum absolute atomic E-state index is 13.1.